The largest absolute Gasteiger partial charge is 0.497 e. The Bertz CT molecular complexity index is 494. The first-order chi connectivity index (χ1) is 8.70. The van der Waals surface area contributed by atoms with Crippen LogP contribution in [0.2, 0.25) is 0 Å². The standard InChI is InChI=1S/C14H15NO3/c1-18-13-4-2-3-11(9-13)14(15-10-16)7-5-12(17)6-8-14/h2-4,9H,5-8H2,1H3. The van der Waals surface area contributed by atoms with Gasteiger partial charge in [-0.05, 0) is 30.5 Å². The molecule has 0 aromatic heterocycles. The van der Waals surface area contributed by atoms with Gasteiger partial charge in [0, 0.05) is 12.8 Å². The highest BCUT2D eigenvalue weighted by Gasteiger charge is 2.36. The van der Waals surface area contributed by atoms with Gasteiger partial charge in [0.05, 0.1) is 12.6 Å². The van der Waals surface area contributed by atoms with Gasteiger partial charge in [-0.3, -0.25) is 4.79 Å². The van der Waals surface area contributed by atoms with Crippen LogP contribution in [0.25, 0.3) is 0 Å². The highest BCUT2D eigenvalue weighted by Crippen LogP contribution is 2.40. The van der Waals surface area contributed by atoms with E-state index < -0.39 is 5.54 Å². The van der Waals surface area contributed by atoms with Crippen molar-refractivity contribution < 1.29 is 14.3 Å². The Labute approximate surface area is 106 Å². The highest BCUT2D eigenvalue weighted by atomic mass is 16.5. The maximum atomic E-state index is 11.3. The van der Waals surface area contributed by atoms with Gasteiger partial charge in [0.15, 0.2) is 0 Å². The van der Waals surface area contributed by atoms with Crippen LogP contribution in [0, 0.1) is 0 Å². The summed E-state index contributed by atoms with van der Waals surface area (Å²) in [7, 11) is 1.60. The van der Waals surface area contributed by atoms with Gasteiger partial charge in [0.1, 0.15) is 11.5 Å². The monoisotopic (exact) mass is 245 g/mol. The quantitative estimate of drug-likeness (QED) is 0.606. The zero-order valence-corrected chi connectivity index (χ0v) is 10.3. The van der Waals surface area contributed by atoms with Crippen molar-refractivity contribution in [3.05, 3.63) is 29.8 Å². The van der Waals surface area contributed by atoms with E-state index in [0.717, 1.165) is 11.3 Å². The number of aliphatic imine (C=N–C) groups is 1. The molecule has 1 fully saturated rings. The number of benzene rings is 1. The summed E-state index contributed by atoms with van der Waals surface area (Å²) in [6.07, 6.45) is 3.70. The number of nitrogens with zero attached hydrogens (tertiary/aromatic N) is 1. The molecule has 2 rings (SSSR count). The van der Waals surface area contributed by atoms with E-state index in [1.807, 2.05) is 24.3 Å². The second kappa shape index (κ2) is 5.15. The van der Waals surface area contributed by atoms with Crippen LogP contribution in [0.5, 0.6) is 5.75 Å². The topological polar surface area (TPSA) is 55.7 Å². The van der Waals surface area contributed by atoms with E-state index in [4.69, 9.17) is 4.74 Å². The highest BCUT2D eigenvalue weighted by molar-refractivity contribution is 5.79. The molecule has 94 valence electrons. The molecule has 0 amide bonds. The fourth-order valence-electron chi connectivity index (χ4n) is 2.41. The predicted octanol–water partition coefficient (Wildman–Crippen LogP) is 2.37. The van der Waals surface area contributed by atoms with E-state index in [1.165, 1.54) is 0 Å². The molecule has 1 aromatic carbocycles. The van der Waals surface area contributed by atoms with Gasteiger partial charge in [0.2, 0.25) is 6.08 Å². The number of methoxy groups -OCH3 is 1. The average Bonchev–Trinajstić information content (AvgIpc) is 2.42. The molecule has 0 unspecified atom stereocenters. The van der Waals surface area contributed by atoms with Crippen molar-refractivity contribution in [1.29, 1.82) is 0 Å². The molecule has 1 saturated carbocycles. The van der Waals surface area contributed by atoms with Crippen molar-refractivity contribution in [2.75, 3.05) is 7.11 Å². The van der Waals surface area contributed by atoms with E-state index in [0.29, 0.717) is 25.7 Å². The van der Waals surface area contributed by atoms with E-state index in [-0.39, 0.29) is 5.78 Å². The van der Waals surface area contributed by atoms with E-state index in [1.54, 1.807) is 13.2 Å². The van der Waals surface area contributed by atoms with Gasteiger partial charge in [0.25, 0.3) is 0 Å². The molecule has 1 aromatic rings. The van der Waals surface area contributed by atoms with Crippen LogP contribution >= 0.6 is 0 Å². The van der Waals surface area contributed by atoms with Crippen LogP contribution in [-0.4, -0.2) is 19.0 Å². The molecule has 0 spiro atoms. The number of Topliss-reactive ketones (excluding diaryl/α,β-unsaturated/α-hetero) is 1. The number of rotatable bonds is 3. The number of hydrogen-bond donors (Lipinski definition) is 0. The third kappa shape index (κ3) is 2.34. The summed E-state index contributed by atoms with van der Waals surface area (Å²) in [4.78, 5) is 26.0. The lowest BCUT2D eigenvalue weighted by Crippen LogP contribution is -2.30. The van der Waals surface area contributed by atoms with E-state index in [9.17, 15) is 9.59 Å². The van der Waals surface area contributed by atoms with Crippen LogP contribution in [0.1, 0.15) is 31.2 Å². The molecule has 1 aliphatic carbocycles. The molecule has 0 saturated heterocycles. The van der Waals surface area contributed by atoms with Crippen LogP contribution in [0.15, 0.2) is 29.3 Å². The van der Waals surface area contributed by atoms with Crippen LogP contribution in [-0.2, 0) is 15.1 Å². The number of ketones is 1. The molecule has 4 heteroatoms. The number of isocyanates is 1. The summed E-state index contributed by atoms with van der Waals surface area (Å²) in [5.74, 6) is 0.958. The molecule has 0 N–H and O–H groups in total. The summed E-state index contributed by atoms with van der Waals surface area (Å²) >= 11 is 0. The Hall–Kier alpha value is -1.93. The molecular formula is C14H15NO3. The molecule has 0 atom stereocenters. The van der Waals surface area contributed by atoms with Gasteiger partial charge in [-0.25, -0.2) is 4.79 Å². The minimum absolute atomic E-state index is 0.231. The zero-order chi connectivity index (χ0) is 13.0. The summed E-state index contributed by atoms with van der Waals surface area (Å²) < 4.78 is 5.18. The maximum Gasteiger partial charge on any atom is 0.235 e. The summed E-state index contributed by atoms with van der Waals surface area (Å²) in [5, 5.41) is 0. The molecule has 4 nitrogen and oxygen atoms in total. The molecule has 0 aliphatic heterocycles. The SMILES string of the molecule is COc1cccc(C2(N=C=O)CCC(=O)CC2)c1. The van der Waals surface area contributed by atoms with Crippen LogP contribution in [0.3, 0.4) is 0 Å². The minimum atomic E-state index is -0.607. The van der Waals surface area contributed by atoms with Crippen molar-refractivity contribution in [3.8, 4) is 5.75 Å². The second-order valence-electron chi connectivity index (χ2n) is 4.51. The van der Waals surface area contributed by atoms with Crippen LogP contribution < -0.4 is 4.74 Å². The zero-order valence-electron chi connectivity index (χ0n) is 10.3. The Morgan fingerprint density at radius 1 is 1.33 bits per heavy atom. The fraction of sp³-hybridized carbons (Fsp3) is 0.429. The first kappa shape index (κ1) is 12.5. The maximum absolute atomic E-state index is 11.3. The summed E-state index contributed by atoms with van der Waals surface area (Å²) in [5.41, 5.74) is 0.308. The summed E-state index contributed by atoms with van der Waals surface area (Å²) in [6, 6.07) is 7.50. The van der Waals surface area contributed by atoms with E-state index in [2.05, 4.69) is 4.99 Å². The number of carbonyl (C=O) groups is 1. The molecule has 0 bridgehead atoms. The third-order valence-electron chi connectivity index (χ3n) is 3.50. The van der Waals surface area contributed by atoms with Crippen molar-refractivity contribution in [2.45, 2.75) is 31.2 Å². The Morgan fingerprint density at radius 3 is 2.67 bits per heavy atom. The van der Waals surface area contributed by atoms with Crippen LogP contribution in [0.4, 0.5) is 0 Å². The first-order valence-corrected chi connectivity index (χ1v) is 5.95. The van der Waals surface area contributed by atoms with Crippen molar-refractivity contribution >= 4 is 11.9 Å². The molecule has 0 heterocycles. The van der Waals surface area contributed by atoms with Gasteiger partial charge in [-0.15, -0.1) is 0 Å². The van der Waals surface area contributed by atoms with Gasteiger partial charge >= 0.3 is 0 Å². The molecular weight excluding hydrogens is 230 g/mol. The Kier molecular flexibility index (Phi) is 3.58. The first-order valence-electron chi connectivity index (χ1n) is 5.95. The normalized spacial score (nSPS) is 17.9. The molecule has 0 radical (unpaired) electrons. The predicted molar refractivity (Wildman–Crippen MR) is 66.3 cm³/mol. The Morgan fingerprint density at radius 2 is 2.06 bits per heavy atom. The lowest BCUT2D eigenvalue weighted by molar-refractivity contribution is -0.121. The van der Waals surface area contributed by atoms with Crippen molar-refractivity contribution in [3.63, 3.8) is 0 Å². The van der Waals surface area contributed by atoms with Crippen molar-refractivity contribution in [2.24, 2.45) is 4.99 Å². The lowest BCUT2D eigenvalue weighted by Gasteiger charge is -2.32. The smallest absolute Gasteiger partial charge is 0.235 e. The molecule has 18 heavy (non-hydrogen) atoms. The number of hydrogen-bond acceptors (Lipinski definition) is 4. The van der Waals surface area contributed by atoms with E-state index >= 15 is 0 Å². The number of ether oxygens (including phenoxy) is 1. The molecule has 1 aliphatic rings. The minimum Gasteiger partial charge on any atom is -0.497 e. The summed E-state index contributed by atoms with van der Waals surface area (Å²) in [6.45, 7) is 0. The average molecular weight is 245 g/mol. The van der Waals surface area contributed by atoms with Gasteiger partial charge < -0.3 is 4.74 Å². The van der Waals surface area contributed by atoms with Crippen molar-refractivity contribution in [1.82, 2.24) is 0 Å². The number of carbonyl (C=O) groups excluding carboxylic acids is 2. The van der Waals surface area contributed by atoms with Gasteiger partial charge in [-0.2, -0.15) is 4.99 Å². The second-order valence-corrected chi connectivity index (χ2v) is 4.51. The third-order valence-corrected chi connectivity index (χ3v) is 3.50. The Balaban J connectivity index is 2.40. The van der Waals surface area contributed by atoms with Gasteiger partial charge in [-0.1, -0.05) is 12.1 Å². The fourth-order valence-corrected chi connectivity index (χ4v) is 2.41. The lowest BCUT2D eigenvalue weighted by atomic mass is 9.76.